The molecular weight excluding hydrogens is 258 g/mol. The van der Waals surface area contributed by atoms with Gasteiger partial charge in [-0.15, -0.1) is 11.3 Å². The molecule has 19 heavy (non-hydrogen) atoms. The highest BCUT2D eigenvalue weighted by Crippen LogP contribution is 2.19. The summed E-state index contributed by atoms with van der Waals surface area (Å²) < 4.78 is 0. The molecule has 0 radical (unpaired) electrons. The van der Waals surface area contributed by atoms with Crippen molar-refractivity contribution in [2.24, 2.45) is 0 Å². The van der Waals surface area contributed by atoms with Gasteiger partial charge in [-0.1, -0.05) is 30.3 Å². The Morgan fingerprint density at radius 2 is 2.21 bits per heavy atom. The van der Waals surface area contributed by atoms with Crippen LogP contribution in [-0.2, 0) is 11.3 Å². The number of amides is 1. The molecule has 2 rings (SSSR count). The van der Waals surface area contributed by atoms with Crippen molar-refractivity contribution in [1.82, 2.24) is 10.3 Å². The van der Waals surface area contributed by atoms with E-state index < -0.39 is 5.92 Å². The van der Waals surface area contributed by atoms with Crippen molar-refractivity contribution in [3.8, 4) is 6.07 Å². The summed E-state index contributed by atoms with van der Waals surface area (Å²) in [5.41, 5.74) is 1.83. The minimum absolute atomic E-state index is 0.305. The van der Waals surface area contributed by atoms with Crippen LogP contribution in [0.25, 0.3) is 0 Å². The molecule has 0 bridgehead atoms. The first-order valence-electron chi connectivity index (χ1n) is 5.84. The van der Waals surface area contributed by atoms with Gasteiger partial charge in [0, 0.05) is 17.6 Å². The van der Waals surface area contributed by atoms with Gasteiger partial charge in [-0.05, 0) is 12.5 Å². The first-order valence-corrected chi connectivity index (χ1v) is 6.72. The highest BCUT2D eigenvalue weighted by Gasteiger charge is 2.22. The van der Waals surface area contributed by atoms with E-state index in [1.807, 2.05) is 48.7 Å². The van der Waals surface area contributed by atoms with Gasteiger partial charge < -0.3 is 5.32 Å². The Labute approximate surface area is 115 Å². The van der Waals surface area contributed by atoms with Gasteiger partial charge in [0.1, 0.15) is 5.01 Å². The highest BCUT2D eigenvalue weighted by molar-refractivity contribution is 7.09. The lowest BCUT2D eigenvalue weighted by atomic mass is 10.1. The summed E-state index contributed by atoms with van der Waals surface area (Å²) in [6.07, 6.45) is 0. The monoisotopic (exact) mass is 271 g/mol. The van der Waals surface area contributed by atoms with Crippen LogP contribution in [0, 0.1) is 18.3 Å². The van der Waals surface area contributed by atoms with Crippen molar-refractivity contribution in [3.63, 3.8) is 0 Å². The Morgan fingerprint density at radius 1 is 1.47 bits per heavy atom. The fraction of sp³-hybridized carbons (Fsp3) is 0.214. The molecule has 2 aromatic rings. The number of nitrogens with one attached hydrogen (secondary N) is 1. The van der Waals surface area contributed by atoms with Crippen molar-refractivity contribution >= 4 is 17.2 Å². The molecule has 1 N–H and O–H groups in total. The van der Waals surface area contributed by atoms with E-state index in [-0.39, 0.29) is 5.91 Å². The molecule has 1 amide bonds. The van der Waals surface area contributed by atoms with Gasteiger partial charge in [-0.25, -0.2) is 4.98 Å². The number of nitrogens with zero attached hydrogens (tertiary/aromatic N) is 2. The molecule has 0 aliphatic rings. The molecule has 1 aromatic heterocycles. The molecule has 1 aromatic carbocycles. The van der Waals surface area contributed by atoms with Crippen LogP contribution < -0.4 is 5.32 Å². The second-order valence-electron chi connectivity index (χ2n) is 4.09. The molecule has 0 saturated heterocycles. The van der Waals surface area contributed by atoms with Crippen molar-refractivity contribution in [3.05, 3.63) is 52.0 Å². The highest BCUT2D eigenvalue weighted by atomic mass is 32.1. The number of nitriles is 1. The summed E-state index contributed by atoms with van der Waals surface area (Å²) in [5, 5.41) is 14.3. The predicted molar refractivity (Wildman–Crippen MR) is 73.5 cm³/mol. The number of rotatable bonds is 4. The van der Waals surface area contributed by atoms with E-state index in [9.17, 15) is 4.79 Å². The van der Waals surface area contributed by atoms with Gasteiger partial charge in [0.2, 0.25) is 5.91 Å². The van der Waals surface area contributed by atoms with Crippen LogP contribution >= 0.6 is 11.3 Å². The maximum Gasteiger partial charge on any atom is 0.244 e. The van der Waals surface area contributed by atoms with E-state index in [4.69, 9.17) is 5.26 Å². The molecule has 96 valence electrons. The summed E-state index contributed by atoms with van der Waals surface area (Å²) in [7, 11) is 0. The molecule has 5 heteroatoms. The minimum atomic E-state index is -0.831. The first-order chi connectivity index (χ1) is 9.20. The molecule has 1 heterocycles. The number of hydrogen-bond acceptors (Lipinski definition) is 4. The lowest BCUT2D eigenvalue weighted by molar-refractivity contribution is -0.121. The molecule has 1 atom stereocenters. The Hall–Kier alpha value is -2.19. The maximum atomic E-state index is 12.0. The number of carbonyl (C=O) groups is 1. The molecule has 4 nitrogen and oxygen atoms in total. The minimum Gasteiger partial charge on any atom is -0.351 e. The van der Waals surface area contributed by atoms with Gasteiger partial charge in [-0.2, -0.15) is 5.26 Å². The standard InChI is InChI=1S/C14H13N3OS/c1-10-9-19-14(17-10)12(7-15)13(18)16-8-11-5-3-2-4-6-11/h2-6,9,12H,8H2,1H3,(H,16,18)/t12-/m1/s1. The molecule has 0 fully saturated rings. The summed E-state index contributed by atoms with van der Waals surface area (Å²) in [6.45, 7) is 2.26. The zero-order valence-electron chi connectivity index (χ0n) is 10.5. The van der Waals surface area contributed by atoms with Crippen molar-refractivity contribution in [1.29, 1.82) is 5.26 Å². The average Bonchev–Trinajstić information content (AvgIpc) is 2.85. The summed E-state index contributed by atoms with van der Waals surface area (Å²) >= 11 is 1.34. The number of hydrogen-bond donors (Lipinski definition) is 1. The lowest BCUT2D eigenvalue weighted by Crippen LogP contribution is -2.28. The second-order valence-corrected chi connectivity index (χ2v) is 4.98. The summed E-state index contributed by atoms with van der Waals surface area (Å²) in [6, 6.07) is 11.6. The van der Waals surface area contributed by atoms with Crippen LogP contribution in [0.4, 0.5) is 0 Å². The fourth-order valence-electron chi connectivity index (χ4n) is 1.62. The van der Waals surface area contributed by atoms with Crippen molar-refractivity contribution < 1.29 is 4.79 Å². The molecular formula is C14H13N3OS. The van der Waals surface area contributed by atoms with Crippen LogP contribution in [0.2, 0.25) is 0 Å². The van der Waals surface area contributed by atoms with Crippen molar-refractivity contribution in [2.45, 2.75) is 19.4 Å². The van der Waals surface area contributed by atoms with Crippen LogP contribution in [0.15, 0.2) is 35.7 Å². The molecule has 0 spiro atoms. The van der Waals surface area contributed by atoms with E-state index >= 15 is 0 Å². The van der Waals surface area contributed by atoms with Gasteiger partial charge in [0.05, 0.1) is 6.07 Å². The zero-order chi connectivity index (χ0) is 13.7. The molecule has 0 unspecified atom stereocenters. The third kappa shape index (κ3) is 3.39. The number of aryl methyl sites for hydroxylation is 1. The molecule has 0 saturated carbocycles. The predicted octanol–water partition coefficient (Wildman–Crippen LogP) is 2.38. The molecule has 0 aliphatic heterocycles. The third-order valence-corrected chi connectivity index (χ3v) is 3.61. The normalized spacial score (nSPS) is 11.6. The summed E-state index contributed by atoms with van der Waals surface area (Å²) in [4.78, 5) is 16.2. The Morgan fingerprint density at radius 3 is 2.79 bits per heavy atom. The van der Waals surface area contributed by atoms with Gasteiger partial charge in [-0.3, -0.25) is 4.79 Å². The summed E-state index contributed by atoms with van der Waals surface area (Å²) in [5.74, 6) is -1.14. The van der Waals surface area contributed by atoms with Gasteiger partial charge in [0.25, 0.3) is 0 Å². The zero-order valence-corrected chi connectivity index (χ0v) is 11.3. The maximum absolute atomic E-state index is 12.0. The average molecular weight is 271 g/mol. The number of aromatic nitrogens is 1. The van der Waals surface area contributed by atoms with Crippen LogP contribution in [-0.4, -0.2) is 10.9 Å². The van der Waals surface area contributed by atoms with Crippen LogP contribution in [0.3, 0.4) is 0 Å². The van der Waals surface area contributed by atoms with E-state index in [1.54, 1.807) is 0 Å². The number of carbonyl (C=O) groups excluding carboxylic acids is 1. The quantitative estimate of drug-likeness (QED) is 0.928. The number of thiazole rings is 1. The lowest BCUT2D eigenvalue weighted by Gasteiger charge is -2.08. The van der Waals surface area contributed by atoms with Crippen molar-refractivity contribution in [2.75, 3.05) is 0 Å². The third-order valence-electron chi connectivity index (χ3n) is 2.58. The smallest absolute Gasteiger partial charge is 0.244 e. The van der Waals surface area contributed by atoms with Crippen LogP contribution in [0.1, 0.15) is 22.2 Å². The fourth-order valence-corrected chi connectivity index (χ4v) is 2.45. The van der Waals surface area contributed by atoms with Gasteiger partial charge >= 0.3 is 0 Å². The topological polar surface area (TPSA) is 65.8 Å². The second kappa shape index (κ2) is 6.12. The SMILES string of the molecule is Cc1csc([C@H](C#N)C(=O)NCc2ccccc2)n1. The Balaban J connectivity index is 2.00. The number of benzene rings is 1. The van der Waals surface area contributed by atoms with Gasteiger partial charge in [0.15, 0.2) is 5.92 Å². The van der Waals surface area contributed by atoms with E-state index in [1.165, 1.54) is 11.3 Å². The van der Waals surface area contributed by atoms with E-state index in [2.05, 4.69) is 10.3 Å². The largest absolute Gasteiger partial charge is 0.351 e. The van der Waals surface area contributed by atoms with E-state index in [0.29, 0.717) is 11.6 Å². The Bertz CT molecular complexity index is 601. The molecule has 0 aliphatic carbocycles. The van der Waals surface area contributed by atoms with E-state index in [0.717, 1.165) is 11.3 Å². The first kappa shape index (κ1) is 13.2. The van der Waals surface area contributed by atoms with Crippen LogP contribution in [0.5, 0.6) is 0 Å². The Kier molecular flexibility index (Phi) is 4.26.